The molecule has 4 heteroatoms. The molecule has 0 bridgehead atoms. The van der Waals surface area contributed by atoms with Crippen molar-refractivity contribution in [3.8, 4) is 22.3 Å². The topological polar surface area (TPSA) is 0 Å². The Bertz CT molecular complexity index is 1850. The van der Waals surface area contributed by atoms with Crippen LogP contribution < -0.4 is 6.54 Å². The van der Waals surface area contributed by atoms with Crippen molar-refractivity contribution in [1.82, 2.24) is 0 Å². The van der Waals surface area contributed by atoms with Crippen molar-refractivity contribution >= 4 is 49.4 Å². The number of halogens is 2. The fourth-order valence-electron chi connectivity index (χ4n) is 8.21. The molecule has 0 spiro atoms. The Kier molecular flexibility index (Phi) is 7.47. The van der Waals surface area contributed by atoms with E-state index in [1.54, 1.807) is 17.7 Å². The van der Waals surface area contributed by atoms with E-state index < -0.39 is 17.4 Å². The van der Waals surface area contributed by atoms with E-state index in [1.807, 2.05) is 0 Å². The Morgan fingerprint density at radius 2 is 0.929 bits per heavy atom. The Hall–Kier alpha value is -2.48. The molecule has 0 N–H and O–H groups in total. The number of hydrogen-bond donors (Lipinski definition) is 0. The second kappa shape index (κ2) is 10.6. The zero-order valence-corrected chi connectivity index (χ0v) is 29.7. The molecule has 0 saturated heterocycles. The van der Waals surface area contributed by atoms with Gasteiger partial charge < -0.3 is 0 Å². The molecular weight excluding hydrogens is 647 g/mol. The molecular formula is C38H36Cl2SiZr. The van der Waals surface area contributed by atoms with Gasteiger partial charge in [0.1, 0.15) is 0 Å². The molecule has 0 nitrogen and oxygen atoms in total. The number of benzene rings is 4. The molecule has 4 aromatic rings. The summed E-state index contributed by atoms with van der Waals surface area (Å²) < 4.78 is 8.94. The van der Waals surface area contributed by atoms with E-state index in [0.717, 1.165) is 25.7 Å². The van der Waals surface area contributed by atoms with E-state index in [2.05, 4.69) is 125 Å². The molecule has 0 unspecified atom stereocenters. The van der Waals surface area contributed by atoms with Gasteiger partial charge in [0, 0.05) is 0 Å². The van der Waals surface area contributed by atoms with Gasteiger partial charge in [0.2, 0.25) is 0 Å². The standard InChI is InChI=1S/2C18H13.2CH3.2ClH.H2Si.Zr/c2*1-2-6-13(5-1)14-9-10-18-16(11-14)12-15-7-3-4-8-17(15)18;;;;;;/h2*1-5,7-10H,6,12H2;2*1H3;2*1H;1H2;. The van der Waals surface area contributed by atoms with Crippen LogP contribution in [0, 0.1) is 0 Å². The Balaban J connectivity index is 0.00000158. The molecule has 4 aromatic carbocycles. The Morgan fingerprint density at radius 1 is 0.524 bits per heavy atom. The van der Waals surface area contributed by atoms with Crippen molar-refractivity contribution in [3.05, 3.63) is 143 Å². The fourth-order valence-corrected chi connectivity index (χ4v) is 24.9. The van der Waals surface area contributed by atoms with Crippen molar-refractivity contribution in [2.45, 2.75) is 34.9 Å². The number of fused-ring (bicyclic) bond motifs is 6. The predicted octanol–water partition coefficient (Wildman–Crippen LogP) is 8.64. The number of rotatable bonds is 4. The summed E-state index contributed by atoms with van der Waals surface area (Å²) in [4.78, 5) is 0. The normalized spacial score (nSPS) is 15.7. The van der Waals surface area contributed by atoms with Crippen LogP contribution in [0.25, 0.3) is 33.4 Å². The quantitative estimate of drug-likeness (QED) is 0.163. The molecule has 0 radical (unpaired) electrons. The summed E-state index contributed by atoms with van der Waals surface area (Å²) in [5, 5.41) is 0. The molecule has 0 saturated carbocycles. The van der Waals surface area contributed by atoms with Crippen LogP contribution in [0.1, 0.15) is 46.2 Å². The summed E-state index contributed by atoms with van der Waals surface area (Å²) in [6.45, 7) is 2.43. The van der Waals surface area contributed by atoms with Crippen LogP contribution >= 0.6 is 24.8 Å². The van der Waals surface area contributed by atoms with Crippen molar-refractivity contribution in [3.63, 3.8) is 0 Å². The van der Waals surface area contributed by atoms with E-state index in [-0.39, 0.29) is 24.8 Å². The maximum absolute atomic E-state index is 3.94. The SMILES string of the molecule is Cl.Cl.[CH3][Zr]([CH3])(=[SiH2])([c]1c(C2=CC=CC2)ccc2c1Cc1ccccc1-2)[c]1c(C2=CC=CC2)ccc2c1Cc1ccccc1-2. The Labute approximate surface area is 264 Å². The van der Waals surface area contributed by atoms with Crippen LogP contribution in [-0.2, 0) is 30.2 Å². The summed E-state index contributed by atoms with van der Waals surface area (Å²) in [5.74, 6) is 0. The third kappa shape index (κ3) is 4.33. The summed E-state index contributed by atoms with van der Waals surface area (Å²) in [5.41, 5.74) is 18.0. The van der Waals surface area contributed by atoms with E-state index in [0.29, 0.717) is 0 Å². The van der Waals surface area contributed by atoms with Crippen LogP contribution in [0.4, 0.5) is 0 Å². The van der Waals surface area contributed by atoms with Crippen LogP contribution in [0.3, 0.4) is 0 Å². The predicted molar refractivity (Wildman–Crippen MR) is 187 cm³/mol. The molecule has 0 atom stereocenters. The number of hydrogen-bond acceptors (Lipinski definition) is 0. The van der Waals surface area contributed by atoms with E-state index in [4.69, 9.17) is 0 Å². The van der Waals surface area contributed by atoms with Gasteiger partial charge in [0.05, 0.1) is 0 Å². The van der Waals surface area contributed by atoms with Crippen molar-refractivity contribution in [1.29, 1.82) is 0 Å². The zero-order chi connectivity index (χ0) is 27.1. The van der Waals surface area contributed by atoms with Crippen LogP contribution in [-0.4, -0.2) is 6.88 Å². The average molecular weight is 683 g/mol. The van der Waals surface area contributed by atoms with Gasteiger partial charge in [-0.3, -0.25) is 0 Å². The first-order valence-electron chi connectivity index (χ1n) is 14.7. The van der Waals surface area contributed by atoms with Gasteiger partial charge in [-0.1, -0.05) is 0 Å². The van der Waals surface area contributed by atoms with E-state index in [9.17, 15) is 0 Å². The third-order valence-corrected chi connectivity index (χ3v) is 24.7. The molecule has 0 aliphatic heterocycles. The third-order valence-electron chi connectivity index (χ3n) is 9.81. The van der Waals surface area contributed by atoms with Gasteiger partial charge in [-0.05, 0) is 0 Å². The molecule has 4 aliphatic carbocycles. The zero-order valence-electron chi connectivity index (χ0n) is 24.2. The van der Waals surface area contributed by atoms with E-state index >= 15 is 0 Å². The van der Waals surface area contributed by atoms with Gasteiger partial charge in [-0.2, -0.15) is 0 Å². The van der Waals surface area contributed by atoms with Crippen molar-refractivity contribution in [2.75, 3.05) is 0 Å². The maximum atomic E-state index is 2.75. The van der Waals surface area contributed by atoms with Gasteiger partial charge in [-0.25, -0.2) is 0 Å². The van der Waals surface area contributed by atoms with Crippen LogP contribution in [0.2, 0.25) is 9.26 Å². The van der Waals surface area contributed by atoms with Crippen LogP contribution in [0.5, 0.6) is 0 Å². The summed E-state index contributed by atoms with van der Waals surface area (Å²) in [6.07, 6.45) is 18.1. The molecule has 8 rings (SSSR count). The molecule has 0 aromatic heterocycles. The summed E-state index contributed by atoms with van der Waals surface area (Å²) in [6, 6.07) is 28.1. The minimum absolute atomic E-state index is 0. The second-order valence-corrected chi connectivity index (χ2v) is 41.2. The average Bonchev–Trinajstić information content (AvgIpc) is 3.76. The van der Waals surface area contributed by atoms with Gasteiger partial charge in [0.25, 0.3) is 0 Å². The monoisotopic (exact) mass is 680 g/mol. The van der Waals surface area contributed by atoms with Crippen LogP contribution in [0.15, 0.2) is 109 Å². The summed E-state index contributed by atoms with van der Waals surface area (Å²) >= 11 is -3.94. The van der Waals surface area contributed by atoms with Gasteiger partial charge >= 0.3 is 242 Å². The molecule has 4 aliphatic rings. The first-order valence-corrected chi connectivity index (χ1v) is 28.0. The van der Waals surface area contributed by atoms with Crippen molar-refractivity contribution < 1.29 is 17.4 Å². The fraction of sp³-hybridized carbons (Fsp3) is 0.158. The first-order chi connectivity index (χ1) is 19.4. The van der Waals surface area contributed by atoms with Gasteiger partial charge in [-0.15, -0.1) is 24.8 Å². The molecule has 0 heterocycles. The van der Waals surface area contributed by atoms with Crippen molar-refractivity contribution in [2.24, 2.45) is 0 Å². The molecule has 42 heavy (non-hydrogen) atoms. The Morgan fingerprint density at radius 3 is 1.33 bits per heavy atom. The second-order valence-electron chi connectivity index (χ2n) is 13.0. The minimum atomic E-state index is -3.94. The number of allylic oxidation sites excluding steroid dienone is 8. The summed E-state index contributed by atoms with van der Waals surface area (Å²) in [7, 11) is 0. The van der Waals surface area contributed by atoms with Gasteiger partial charge in [0.15, 0.2) is 0 Å². The van der Waals surface area contributed by atoms with E-state index in [1.165, 1.54) is 55.7 Å². The molecule has 0 amide bonds. The molecule has 210 valence electrons. The molecule has 0 fully saturated rings. The first kappa shape index (κ1) is 29.6.